The number of ether oxygens (including phenoxy) is 2. The average molecular weight is 620 g/mol. The van der Waals surface area contributed by atoms with Crippen LogP contribution in [-0.2, 0) is 25.8 Å². The molecule has 0 bridgehead atoms. The van der Waals surface area contributed by atoms with Crippen LogP contribution >= 0.6 is 10.3 Å². The molecular weight excluding hydrogens is 589 g/mol. The summed E-state index contributed by atoms with van der Waals surface area (Å²) >= 11 is 0. The van der Waals surface area contributed by atoms with E-state index in [1.807, 2.05) is 0 Å². The third kappa shape index (κ3) is 7.33. The van der Waals surface area contributed by atoms with Gasteiger partial charge in [0.15, 0.2) is 6.61 Å². The molecule has 11 heteroatoms. The number of benzene rings is 4. The molecule has 4 aromatic rings. The van der Waals surface area contributed by atoms with Crippen LogP contribution in [-0.4, -0.2) is 30.2 Å². The Labute approximate surface area is 244 Å². The van der Waals surface area contributed by atoms with Crippen LogP contribution in [0.5, 0.6) is 5.75 Å². The lowest BCUT2D eigenvalue weighted by atomic mass is 10.2. The summed E-state index contributed by atoms with van der Waals surface area (Å²) in [5, 5.41) is 0. The van der Waals surface area contributed by atoms with Gasteiger partial charge in [0.2, 0.25) is 0 Å². The maximum Gasteiger partial charge on any atom is 0.422 e. The third-order valence-corrected chi connectivity index (χ3v) is 11.2. The number of hydrogen-bond acceptors (Lipinski definition) is 5. The molecule has 42 heavy (non-hydrogen) atoms. The SMILES string of the molecule is CC(C)(C)OC(=O)COc1ccc(S([OH+]S(=O)(=O)c2ccc(C(F)(F)F)cc2)(c2ccccc2)c2ccccc2)cc1. The number of rotatable bonds is 9. The van der Waals surface area contributed by atoms with Crippen molar-refractivity contribution in [3.63, 3.8) is 0 Å². The molecule has 0 aliphatic rings. The summed E-state index contributed by atoms with van der Waals surface area (Å²) in [6.07, 6.45) is -4.62. The molecule has 0 amide bonds. The monoisotopic (exact) mass is 619 g/mol. The first-order valence-corrected chi connectivity index (χ1v) is 15.8. The van der Waals surface area contributed by atoms with Crippen molar-refractivity contribution in [2.75, 3.05) is 6.61 Å². The molecule has 0 aromatic heterocycles. The van der Waals surface area contributed by atoms with E-state index in [0.29, 0.717) is 20.4 Å². The van der Waals surface area contributed by atoms with Crippen molar-refractivity contribution in [3.05, 3.63) is 115 Å². The van der Waals surface area contributed by atoms with Crippen molar-refractivity contribution in [1.82, 2.24) is 0 Å². The fourth-order valence-electron chi connectivity index (χ4n) is 4.02. The average Bonchev–Trinajstić information content (AvgIpc) is 2.95. The van der Waals surface area contributed by atoms with Crippen molar-refractivity contribution in [3.8, 4) is 5.75 Å². The van der Waals surface area contributed by atoms with Gasteiger partial charge < -0.3 is 9.47 Å². The molecule has 0 saturated carbocycles. The first kappa shape index (κ1) is 31.1. The lowest BCUT2D eigenvalue weighted by Gasteiger charge is -2.34. The van der Waals surface area contributed by atoms with E-state index in [2.05, 4.69) is 3.63 Å². The Hall–Kier alpha value is -3.80. The van der Waals surface area contributed by atoms with E-state index in [9.17, 15) is 26.4 Å². The number of carbonyl (C=O) groups is 1. The van der Waals surface area contributed by atoms with Crippen molar-refractivity contribution in [1.29, 1.82) is 0 Å². The number of esters is 1. The summed E-state index contributed by atoms with van der Waals surface area (Å²) in [6.45, 7) is 4.92. The molecule has 0 atom stereocenters. The highest BCUT2D eigenvalue weighted by atomic mass is 32.3. The highest BCUT2D eigenvalue weighted by molar-refractivity contribution is 8.32. The highest BCUT2D eigenvalue weighted by Gasteiger charge is 2.43. The highest BCUT2D eigenvalue weighted by Crippen LogP contribution is 2.68. The molecule has 0 saturated heterocycles. The molecule has 0 fully saturated rings. The summed E-state index contributed by atoms with van der Waals surface area (Å²) in [7, 11) is -7.35. The molecule has 4 rings (SSSR count). The molecule has 0 unspecified atom stereocenters. The Bertz CT molecular complexity index is 1560. The molecule has 4 aromatic carbocycles. The number of hydrogen-bond donors (Lipinski definition) is 0. The first-order valence-electron chi connectivity index (χ1n) is 12.8. The molecule has 6 nitrogen and oxygen atoms in total. The van der Waals surface area contributed by atoms with Crippen LogP contribution in [0.25, 0.3) is 0 Å². The van der Waals surface area contributed by atoms with Crippen LogP contribution in [0.4, 0.5) is 13.2 Å². The molecular formula is C31H30F3O6S2+. The van der Waals surface area contributed by atoms with Crippen LogP contribution in [0.3, 0.4) is 0 Å². The Balaban J connectivity index is 1.79. The van der Waals surface area contributed by atoms with E-state index in [1.165, 1.54) is 0 Å². The van der Waals surface area contributed by atoms with Gasteiger partial charge in [-0.15, -0.1) is 8.42 Å². The molecule has 0 radical (unpaired) electrons. The minimum Gasteiger partial charge on any atom is -0.482 e. The summed E-state index contributed by atoms with van der Waals surface area (Å²) in [5.41, 5.74) is -1.63. The minimum absolute atomic E-state index is 0.321. The largest absolute Gasteiger partial charge is 0.482 e. The first-order chi connectivity index (χ1) is 19.7. The van der Waals surface area contributed by atoms with Crippen molar-refractivity contribution in [2.45, 2.75) is 52.1 Å². The second-order valence-corrected chi connectivity index (χ2v) is 14.7. The topological polar surface area (TPSA) is 82.5 Å². The summed E-state index contributed by atoms with van der Waals surface area (Å²) in [5.74, 6) is -0.192. The number of carbonyl (C=O) groups excluding carboxylic acids is 1. The smallest absolute Gasteiger partial charge is 0.422 e. The Kier molecular flexibility index (Phi) is 9.05. The van der Waals surface area contributed by atoms with E-state index in [1.54, 1.807) is 106 Å². The normalized spacial score (nSPS) is 12.9. The van der Waals surface area contributed by atoms with Crippen molar-refractivity contribution < 1.29 is 39.5 Å². The number of alkyl halides is 3. The zero-order valence-electron chi connectivity index (χ0n) is 23.0. The van der Waals surface area contributed by atoms with Crippen molar-refractivity contribution in [2.24, 2.45) is 0 Å². The lowest BCUT2D eigenvalue weighted by molar-refractivity contribution is -0.157. The summed E-state index contributed by atoms with van der Waals surface area (Å²) in [4.78, 5) is 13.5. The molecule has 0 heterocycles. The zero-order chi connectivity index (χ0) is 30.6. The quantitative estimate of drug-likeness (QED) is 0.107. The second kappa shape index (κ2) is 12.2. The van der Waals surface area contributed by atoms with Crippen LogP contribution in [0, 0.1) is 0 Å². The van der Waals surface area contributed by atoms with Gasteiger partial charge in [-0.25, -0.2) is 4.79 Å². The van der Waals surface area contributed by atoms with E-state index in [-0.39, 0.29) is 11.5 Å². The predicted molar refractivity (Wildman–Crippen MR) is 154 cm³/mol. The minimum atomic E-state index is -4.62. The lowest BCUT2D eigenvalue weighted by Crippen LogP contribution is -2.27. The molecule has 0 spiro atoms. The summed E-state index contributed by atoms with van der Waals surface area (Å²) in [6, 6.07) is 27.5. The fourth-order valence-corrected chi connectivity index (χ4v) is 9.51. The van der Waals surface area contributed by atoms with E-state index < -0.39 is 43.7 Å². The molecule has 0 aliphatic heterocycles. The van der Waals surface area contributed by atoms with Crippen molar-refractivity contribution >= 4 is 26.4 Å². The van der Waals surface area contributed by atoms with Gasteiger partial charge in [-0.2, -0.15) is 13.2 Å². The van der Waals surface area contributed by atoms with Crippen LogP contribution < -0.4 is 4.74 Å². The second-order valence-electron chi connectivity index (χ2n) is 10.1. The van der Waals surface area contributed by atoms with Gasteiger partial charge in [-0.05, 0) is 93.6 Å². The van der Waals surface area contributed by atoms with Crippen LogP contribution in [0.2, 0.25) is 0 Å². The maximum atomic E-state index is 13.8. The van der Waals surface area contributed by atoms with Crippen LogP contribution in [0.15, 0.2) is 129 Å². The standard InChI is InChI=1S/C31H29F3O6S2/c1-30(2,3)39-29(35)22-38-24-16-20-27(21-17-24)41(25-10-6-4-7-11-25,26-12-8-5-9-13-26)40-42(36,37)28-18-14-23(15-19-28)31(32,33)34/h4-21H,22H2,1-3H3/p+1. The Morgan fingerprint density at radius 3 is 1.60 bits per heavy atom. The van der Waals surface area contributed by atoms with Gasteiger partial charge in [0.25, 0.3) is 0 Å². The molecule has 1 N–H and O–H groups in total. The predicted octanol–water partition coefficient (Wildman–Crippen LogP) is 8.11. The van der Waals surface area contributed by atoms with Gasteiger partial charge in [-0.3, -0.25) is 3.63 Å². The van der Waals surface area contributed by atoms with Gasteiger partial charge >= 0.3 is 22.3 Å². The fraction of sp³-hybridized carbons (Fsp3) is 0.194. The maximum absolute atomic E-state index is 13.8. The number of halogens is 3. The van der Waals surface area contributed by atoms with Gasteiger partial charge in [-0.1, -0.05) is 36.4 Å². The van der Waals surface area contributed by atoms with Gasteiger partial charge in [0, 0.05) is 0 Å². The van der Waals surface area contributed by atoms with E-state index in [4.69, 9.17) is 9.47 Å². The van der Waals surface area contributed by atoms with E-state index >= 15 is 0 Å². The third-order valence-electron chi connectivity index (χ3n) is 5.80. The zero-order valence-corrected chi connectivity index (χ0v) is 24.7. The molecule has 0 aliphatic carbocycles. The molecule has 222 valence electrons. The van der Waals surface area contributed by atoms with E-state index in [0.717, 1.165) is 24.3 Å². The summed E-state index contributed by atoms with van der Waals surface area (Å²) < 4.78 is 82.4. The Morgan fingerprint density at radius 1 is 0.690 bits per heavy atom. The van der Waals surface area contributed by atoms with Gasteiger partial charge in [0.05, 0.1) is 30.6 Å². The van der Waals surface area contributed by atoms with Crippen LogP contribution in [0.1, 0.15) is 26.3 Å². The van der Waals surface area contributed by atoms with Gasteiger partial charge in [0.1, 0.15) is 16.2 Å². The Morgan fingerprint density at radius 2 is 1.14 bits per heavy atom.